The summed E-state index contributed by atoms with van der Waals surface area (Å²) in [5, 5.41) is 4.67. The highest BCUT2D eigenvalue weighted by atomic mass is 16.3. The van der Waals surface area contributed by atoms with Gasteiger partial charge in [-0.1, -0.05) is 166 Å². The zero-order valence-electron chi connectivity index (χ0n) is 28.6. The molecule has 0 aliphatic heterocycles. The lowest BCUT2D eigenvalue weighted by molar-refractivity contribution is 0.660. The summed E-state index contributed by atoms with van der Waals surface area (Å²) in [7, 11) is 0. The van der Waals surface area contributed by atoms with E-state index in [2.05, 4.69) is 195 Å². The van der Waals surface area contributed by atoms with Crippen LogP contribution in [0.5, 0.6) is 0 Å². The highest BCUT2D eigenvalue weighted by Crippen LogP contribution is 2.56. The summed E-state index contributed by atoms with van der Waals surface area (Å²) in [5.41, 5.74) is 14.7. The Morgan fingerprint density at radius 3 is 1.88 bits per heavy atom. The van der Waals surface area contributed by atoms with E-state index in [1.807, 2.05) is 0 Å². The molecule has 2 nitrogen and oxygen atoms in total. The lowest BCUT2D eigenvalue weighted by Gasteiger charge is -2.30. The fraction of sp³-hybridized carbons (Fsp3) is 0.0612. The smallest absolute Gasteiger partial charge is 0.159 e. The summed E-state index contributed by atoms with van der Waals surface area (Å²) >= 11 is 0. The van der Waals surface area contributed by atoms with Crippen molar-refractivity contribution < 1.29 is 4.42 Å². The largest absolute Gasteiger partial charge is 0.453 e. The summed E-state index contributed by atoms with van der Waals surface area (Å²) in [4.78, 5) is 2.45. The molecule has 0 unspecified atom stereocenters. The maximum Gasteiger partial charge on any atom is 0.159 e. The van der Waals surface area contributed by atoms with Crippen LogP contribution in [0.1, 0.15) is 25.0 Å². The van der Waals surface area contributed by atoms with Gasteiger partial charge in [-0.25, -0.2) is 0 Å². The number of hydrogen-bond donors (Lipinski definition) is 0. The molecular weight excluding hydrogens is 619 g/mol. The topological polar surface area (TPSA) is 16.4 Å². The second-order valence-electron chi connectivity index (χ2n) is 14.1. The maximum atomic E-state index is 7.08. The molecule has 10 rings (SSSR count). The van der Waals surface area contributed by atoms with Gasteiger partial charge in [0.05, 0.1) is 17.1 Å². The van der Waals surface area contributed by atoms with Gasteiger partial charge in [0, 0.05) is 32.9 Å². The molecule has 0 saturated heterocycles. The van der Waals surface area contributed by atoms with E-state index in [0.29, 0.717) is 0 Å². The van der Waals surface area contributed by atoms with Gasteiger partial charge in [0.25, 0.3) is 0 Å². The first-order valence-corrected chi connectivity index (χ1v) is 17.7. The second-order valence-corrected chi connectivity index (χ2v) is 14.1. The van der Waals surface area contributed by atoms with Crippen molar-refractivity contribution in [2.24, 2.45) is 0 Å². The Morgan fingerprint density at radius 1 is 0.412 bits per heavy atom. The van der Waals surface area contributed by atoms with Crippen LogP contribution in [-0.4, -0.2) is 0 Å². The van der Waals surface area contributed by atoms with Crippen LogP contribution in [0.4, 0.5) is 17.1 Å². The van der Waals surface area contributed by atoms with Crippen LogP contribution in [0.2, 0.25) is 0 Å². The molecule has 0 spiro atoms. The molecule has 0 fully saturated rings. The van der Waals surface area contributed by atoms with Crippen molar-refractivity contribution in [3.05, 3.63) is 187 Å². The molecule has 8 aromatic carbocycles. The van der Waals surface area contributed by atoms with Crippen molar-refractivity contribution in [3.8, 4) is 33.4 Å². The van der Waals surface area contributed by atoms with Gasteiger partial charge in [0.1, 0.15) is 5.58 Å². The van der Waals surface area contributed by atoms with Crippen LogP contribution in [0.25, 0.3) is 66.1 Å². The van der Waals surface area contributed by atoms with Gasteiger partial charge in [-0.2, -0.15) is 0 Å². The third-order valence-corrected chi connectivity index (χ3v) is 10.9. The Morgan fingerprint density at radius 2 is 1.02 bits per heavy atom. The van der Waals surface area contributed by atoms with Crippen molar-refractivity contribution in [1.29, 1.82) is 0 Å². The van der Waals surface area contributed by atoms with Gasteiger partial charge in [-0.05, 0) is 62.9 Å². The molecule has 1 heterocycles. The first-order chi connectivity index (χ1) is 25.1. The molecule has 2 heteroatoms. The predicted octanol–water partition coefficient (Wildman–Crippen LogP) is 13.8. The standard InChI is InChI=1S/C49H35NO/c1-49(2)41-24-10-8-20-40(41)46-42(49)25-14-27-44(46)50(43-26-11-9-19-36(43)35-30-29-32-15-6-7-18-34(32)31-35)45-28-13-23-39-38-22-12-21-37(47(38)51-48(39)45)33-16-4-3-5-17-33/h3-31H,1-2H3. The molecular formula is C49H35NO. The molecule has 1 aliphatic carbocycles. The highest BCUT2D eigenvalue weighted by Gasteiger charge is 2.38. The fourth-order valence-corrected chi connectivity index (χ4v) is 8.41. The Hall–Kier alpha value is -6.38. The quantitative estimate of drug-likeness (QED) is 0.184. The van der Waals surface area contributed by atoms with Crippen LogP contribution in [0.15, 0.2) is 180 Å². The number of benzene rings is 8. The Kier molecular flexibility index (Phi) is 6.56. The number of hydrogen-bond acceptors (Lipinski definition) is 2. The number of rotatable bonds is 5. The average Bonchev–Trinajstić information content (AvgIpc) is 3.68. The van der Waals surface area contributed by atoms with Crippen molar-refractivity contribution in [2.45, 2.75) is 19.3 Å². The van der Waals surface area contributed by atoms with E-state index < -0.39 is 0 Å². The SMILES string of the molecule is CC1(C)c2ccccc2-c2c(N(c3ccccc3-c3ccc4ccccc4c3)c3cccc4c3oc3c(-c5ccccc5)cccc34)cccc21. The molecule has 1 aromatic heterocycles. The van der Waals surface area contributed by atoms with Crippen molar-refractivity contribution in [2.75, 3.05) is 4.90 Å². The molecule has 1 aliphatic rings. The van der Waals surface area contributed by atoms with Gasteiger partial charge in [0.2, 0.25) is 0 Å². The number of furan rings is 1. The lowest BCUT2D eigenvalue weighted by atomic mass is 9.82. The third kappa shape index (κ3) is 4.50. The third-order valence-electron chi connectivity index (χ3n) is 10.9. The number of para-hydroxylation sites is 3. The molecule has 0 atom stereocenters. The van der Waals surface area contributed by atoms with Crippen LogP contribution in [0, 0.1) is 0 Å². The minimum atomic E-state index is -0.137. The zero-order chi connectivity index (χ0) is 34.1. The summed E-state index contributed by atoms with van der Waals surface area (Å²) in [5.74, 6) is 0. The van der Waals surface area contributed by atoms with Crippen LogP contribution in [0.3, 0.4) is 0 Å². The minimum Gasteiger partial charge on any atom is -0.453 e. The van der Waals surface area contributed by atoms with E-state index in [1.54, 1.807) is 0 Å². The first-order valence-electron chi connectivity index (χ1n) is 17.7. The second kappa shape index (κ2) is 11.3. The van der Waals surface area contributed by atoms with Gasteiger partial charge >= 0.3 is 0 Å². The van der Waals surface area contributed by atoms with Gasteiger partial charge in [-0.3, -0.25) is 0 Å². The van der Waals surface area contributed by atoms with Gasteiger partial charge < -0.3 is 9.32 Å². The van der Waals surface area contributed by atoms with E-state index in [4.69, 9.17) is 4.42 Å². The van der Waals surface area contributed by atoms with Crippen molar-refractivity contribution in [3.63, 3.8) is 0 Å². The summed E-state index contributed by atoms with van der Waals surface area (Å²) in [6.45, 7) is 4.69. The fourth-order valence-electron chi connectivity index (χ4n) is 8.41. The number of nitrogens with zero attached hydrogens (tertiary/aromatic N) is 1. The summed E-state index contributed by atoms with van der Waals surface area (Å²) in [6, 6.07) is 63.5. The molecule has 0 amide bonds. The lowest BCUT2D eigenvalue weighted by Crippen LogP contribution is -2.16. The Labute approximate surface area is 297 Å². The number of fused-ring (bicyclic) bond motifs is 7. The zero-order valence-corrected chi connectivity index (χ0v) is 28.6. The van der Waals surface area contributed by atoms with Crippen LogP contribution >= 0.6 is 0 Å². The molecule has 242 valence electrons. The van der Waals surface area contributed by atoms with Crippen LogP contribution < -0.4 is 4.90 Å². The molecule has 0 N–H and O–H groups in total. The molecule has 51 heavy (non-hydrogen) atoms. The Balaban J connectivity index is 1.29. The minimum absolute atomic E-state index is 0.137. The van der Waals surface area contributed by atoms with Crippen molar-refractivity contribution in [1.82, 2.24) is 0 Å². The van der Waals surface area contributed by atoms with E-state index in [9.17, 15) is 0 Å². The summed E-state index contributed by atoms with van der Waals surface area (Å²) < 4.78 is 7.08. The van der Waals surface area contributed by atoms with E-state index in [-0.39, 0.29) is 5.41 Å². The maximum absolute atomic E-state index is 7.08. The van der Waals surface area contributed by atoms with E-state index in [1.165, 1.54) is 38.6 Å². The predicted molar refractivity (Wildman–Crippen MR) is 214 cm³/mol. The monoisotopic (exact) mass is 653 g/mol. The number of anilines is 3. The molecule has 0 saturated carbocycles. The molecule has 0 radical (unpaired) electrons. The average molecular weight is 654 g/mol. The first kappa shape index (κ1) is 29.5. The van der Waals surface area contributed by atoms with Gasteiger partial charge in [0.15, 0.2) is 5.58 Å². The highest BCUT2D eigenvalue weighted by molar-refractivity contribution is 6.14. The van der Waals surface area contributed by atoms with Gasteiger partial charge in [-0.15, -0.1) is 0 Å². The van der Waals surface area contributed by atoms with Crippen molar-refractivity contribution >= 4 is 49.8 Å². The Bertz CT molecular complexity index is 2790. The van der Waals surface area contributed by atoms with E-state index in [0.717, 1.165) is 55.7 Å². The normalized spacial score (nSPS) is 13.1. The summed E-state index contributed by atoms with van der Waals surface area (Å²) in [6.07, 6.45) is 0. The van der Waals surface area contributed by atoms with Crippen LogP contribution in [-0.2, 0) is 5.41 Å². The van der Waals surface area contributed by atoms with E-state index >= 15 is 0 Å². The molecule has 0 bridgehead atoms. The molecule has 9 aromatic rings.